The summed E-state index contributed by atoms with van der Waals surface area (Å²) in [5.41, 5.74) is -2.05. The second kappa shape index (κ2) is 15.9. The fourth-order valence-corrected chi connectivity index (χ4v) is 13.6. The minimum atomic E-state index is -1.61. The molecule has 0 aromatic heterocycles. The first-order valence-electron chi connectivity index (χ1n) is 21.0. The number of rotatable bonds is 11. The second-order valence-electron chi connectivity index (χ2n) is 20.2. The topological polar surface area (TPSA) is 239 Å². The molecule has 6 rings (SSSR count). The van der Waals surface area contributed by atoms with Crippen molar-refractivity contribution in [2.45, 2.75) is 192 Å². The molecule has 0 aromatic carbocycles. The van der Waals surface area contributed by atoms with Gasteiger partial charge in [-0.05, 0) is 117 Å². The number of hydrogen-bond donors (Lipinski definition) is 10. The average molecular weight is 801 g/mol. The van der Waals surface area contributed by atoms with Crippen LogP contribution in [0.1, 0.15) is 106 Å². The van der Waals surface area contributed by atoms with Crippen LogP contribution in [0.4, 0.5) is 0 Å². The Balaban J connectivity index is 1.38. The zero-order valence-corrected chi connectivity index (χ0v) is 34.4. The summed E-state index contributed by atoms with van der Waals surface area (Å²) in [5.74, 6) is -0.787. The molecule has 2 aliphatic heterocycles. The average Bonchev–Trinajstić information content (AvgIpc) is 3.52. The first kappa shape index (κ1) is 44.7. The molecule has 21 atom stereocenters. The summed E-state index contributed by atoms with van der Waals surface area (Å²) in [4.78, 5) is 0. The molecule has 4 saturated carbocycles. The monoisotopic (exact) mass is 800 g/mol. The minimum Gasteiger partial charge on any atom is -0.394 e. The number of ether oxygens (including phenoxy) is 4. The smallest absolute Gasteiger partial charge is 0.187 e. The Bertz CT molecular complexity index is 1390. The Morgan fingerprint density at radius 3 is 1.91 bits per heavy atom. The Hall–Kier alpha value is -0.820. The van der Waals surface area contributed by atoms with Gasteiger partial charge in [0.25, 0.3) is 0 Å². The van der Waals surface area contributed by atoms with E-state index in [4.69, 9.17) is 18.9 Å². The predicted molar refractivity (Wildman–Crippen MR) is 202 cm³/mol. The number of allylic oxidation sites excluding steroid dienone is 1. The molecule has 14 nitrogen and oxygen atoms in total. The van der Waals surface area contributed by atoms with Crippen LogP contribution in [0.5, 0.6) is 0 Å². The van der Waals surface area contributed by atoms with Gasteiger partial charge in [-0.3, -0.25) is 0 Å². The predicted octanol–water partition coefficient (Wildman–Crippen LogP) is 1.12. The zero-order chi connectivity index (χ0) is 41.5. The van der Waals surface area contributed by atoms with Crippen LogP contribution < -0.4 is 0 Å². The maximum Gasteiger partial charge on any atom is 0.187 e. The van der Waals surface area contributed by atoms with Crippen LogP contribution >= 0.6 is 0 Å². The molecule has 0 bridgehead atoms. The second-order valence-corrected chi connectivity index (χ2v) is 20.2. The Labute approximate surface area is 331 Å². The van der Waals surface area contributed by atoms with Crippen LogP contribution in [0.3, 0.4) is 0 Å². The van der Waals surface area contributed by atoms with Gasteiger partial charge in [-0.25, -0.2) is 0 Å². The van der Waals surface area contributed by atoms with Gasteiger partial charge in [0.1, 0.15) is 48.8 Å². The van der Waals surface area contributed by atoms with E-state index in [0.29, 0.717) is 44.9 Å². The van der Waals surface area contributed by atoms with Crippen LogP contribution in [-0.4, -0.2) is 150 Å². The highest BCUT2D eigenvalue weighted by molar-refractivity contribution is 5.22. The highest BCUT2D eigenvalue weighted by atomic mass is 16.7. The molecule has 324 valence electrons. The Kier molecular flexibility index (Phi) is 12.7. The van der Waals surface area contributed by atoms with Crippen LogP contribution in [0, 0.1) is 45.3 Å². The van der Waals surface area contributed by atoms with Gasteiger partial charge in [0.05, 0.1) is 37.1 Å². The number of aliphatic hydroxyl groups excluding tert-OH is 10. The van der Waals surface area contributed by atoms with Gasteiger partial charge in [-0.2, -0.15) is 0 Å². The highest BCUT2D eigenvalue weighted by Crippen LogP contribution is 2.76. The van der Waals surface area contributed by atoms with Crippen molar-refractivity contribution in [3.8, 4) is 0 Å². The van der Waals surface area contributed by atoms with E-state index in [1.54, 1.807) is 0 Å². The van der Waals surface area contributed by atoms with Gasteiger partial charge in [-0.15, -0.1) is 6.58 Å². The molecule has 6 aliphatic rings. The fourth-order valence-electron chi connectivity index (χ4n) is 13.6. The van der Waals surface area contributed by atoms with Crippen molar-refractivity contribution in [1.29, 1.82) is 0 Å². The lowest BCUT2D eigenvalue weighted by atomic mass is 9.34. The maximum atomic E-state index is 12.6. The fraction of sp³-hybridized carbons (Fsp3) is 0.952. The molecule has 6 fully saturated rings. The van der Waals surface area contributed by atoms with Crippen molar-refractivity contribution < 1.29 is 70.0 Å². The molecule has 0 amide bonds. The summed E-state index contributed by atoms with van der Waals surface area (Å²) in [6, 6.07) is 0. The van der Waals surface area contributed by atoms with Crippen molar-refractivity contribution in [3.63, 3.8) is 0 Å². The van der Waals surface area contributed by atoms with E-state index in [1.807, 2.05) is 27.7 Å². The normalized spacial score (nSPS) is 52.7. The molecule has 2 saturated heterocycles. The summed E-state index contributed by atoms with van der Waals surface area (Å²) in [6.07, 6.45) is -10.9. The quantitative estimate of drug-likeness (QED) is 0.104. The molecular weight excluding hydrogens is 728 g/mol. The molecule has 2 heterocycles. The third-order valence-corrected chi connectivity index (χ3v) is 16.7. The summed E-state index contributed by atoms with van der Waals surface area (Å²) in [7, 11) is 0. The van der Waals surface area contributed by atoms with E-state index in [9.17, 15) is 51.1 Å². The lowest BCUT2D eigenvalue weighted by molar-refractivity contribution is -0.349. The molecule has 0 aromatic rings. The van der Waals surface area contributed by atoms with Gasteiger partial charge >= 0.3 is 0 Å². The number of hydrogen-bond acceptors (Lipinski definition) is 14. The zero-order valence-electron chi connectivity index (χ0n) is 34.4. The van der Waals surface area contributed by atoms with Crippen molar-refractivity contribution in [2.75, 3.05) is 13.2 Å². The van der Waals surface area contributed by atoms with Crippen molar-refractivity contribution in [2.24, 2.45) is 45.3 Å². The van der Waals surface area contributed by atoms with E-state index in [2.05, 4.69) is 27.4 Å². The largest absolute Gasteiger partial charge is 0.394 e. The minimum absolute atomic E-state index is 0.00235. The maximum absolute atomic E-state index is 12.6. The van der Waals surface area contributed by atoms with Crippen LogP contribution in [0.25, 0.3) is 0 Å². The van der Waals surface area contributed by atoms with Crippen molar-refractivity contribution in [1.82, 2.24) is 0 Å². The lowest BCUT2D eigenvalue weighted by Crippen LogP contribution is -2.71. The van der Waals surface area contributed by atoms with Crippen LogP contribution in [-0.2, 0) is 18.9 Å². The molecule has 10 N–H and O–H groups in total. The van der Waals surface area contributed by atoms with E-state index in [1.165, 1.54) is 0 Å². The first-order valence-corrected chi connectivity index (χ1v) is 21.0. The van der Waals surface area contributed by atoms with E-state index < -0.39 is 120 Å². The van der Waals surface area contributed by atoms with Gasteiger partial charge in [0.15, 0.2) is 12.6 Å². The Morgan fingerprint density at radius 2 is 1.34 bits per heavy atom. The summed E-state index contributed by atoms with van der Waals surface area (Å²) >= 11 is 0. The summed E-state index contributed by atoms with van der Waals surface area (Å²) in [5, 5.41) is 109. The van der Waals surface area contributed by atoms with E-state index in [0.717, 1.165) is 18.4 Å². The molecular formula is C42H72O14. The molecule has 0 radical (unpaired) electrons. The molecule has 0 unspecified atom stereocenters. The number of aliphatic hydroxyl groups is 10. The Morgan fingerprint density at radius 1 is 0.768 bits per heavy atom. The van der Waals surface area contributed by atoms with Gasteiger partial charge < -0.3 is 70.0 Å². The van der Waals surface area contributed by atoms with E-state index >= 15 is 0 Å². The van der Waals surface area contributed by atoms with Gasteiger partial charge in [-0.1, -0.05) is 40.2 Å². The molecule has 0 spiro atoms. The van der Waals surface area contributed by atoms with Crippen LogP contribution in [0.15, 0.2) is 12.2 Å². The lowest BCUT2D eigenvalue weighted by Gasteiger charge is -2.72. The standard InChI is InChI=1S/C42H72O14/c1-20(2)10-9-13-42(8,56-37-34(52)32(50)30(48)25(19-44)55-37)21-11-15-40(6)28(21)22(45)16-26-39(5)14-12-27(46)38(3,4)35(39)23(17-41(26,40)7)53-36-33(51)31(49)29(47)24(18-43)54-36/h21-37,43-52H,1,9-19H2,2-8H3/t21-,22+,23-,24+,25+,26+,27-,28-,29+,30+,31-,32-,33+,34+,35-,36+,37-,39+,40+,41+,42-/m0/s1. The van der Waals surface area contributed by atoms with Gasteiger partial charge in [0, 0.05) is 0 Å². The summed E-state index contributed by atoms with van der Waals surface area (Å²) < 4.78 is 25.4. The van der Waals surface area contributed by atoms with Crippen molar-refractivity contribution in [3.05, 3.63) is 12.2 Å². The van der Waals surface area contributed by atoms with Gasteiger partial charge in [0.2, 0.25) is 0 Å². The highest BCUT2D eigenvalue weighted by Gasteiger charge is 2.74. The first-order chi connectivity index (χ1) is 26.0. The van der Waals surface area contributed by atoms with Crippen molar-refractivity contribution >= 4 is 0 Å². The van der Waals surface area contributed by atoms with Crippen LogP contribution in [0.2, 0.25) is 0 Å². The SMILES string of the molecule is C=C(C)CCC[C@](C)(O[C@@H]1O[C@H](CO)[C@@H](O)[C@H](O)[C@H]1O)[C@H]1CC[C@]2(C)[C@@H]1[C@H](O)C[C@@H]1[C@@]3(C)CC[C@H](O)C(C)(C)[C@@H]3[C@@H](O[C@@H]3O[C@H](CO)[C@@H](O)[C@H](O)[C@H]3O)C[C@]12C. The molecule has 14 heteroatoms. The molecule has 56 heavy (non-hydrogen) atoms. The third-order valence-electron chi connectivity index (χ3n) is 16.7. The number of fused-ring (bicyclic) bond motifs is 5. The van der Waals surface area contributed by atoms with E-state index in [-0.39, 0.29) is 23.7 Å². The summed E-state index contributed by atoms with van der Waals surface area (Å²) in [6.45, 7) is 17.7. The molecule has 4 aliphatic carbocycles. The third kappa shape index (κ3) is 7.06.